The summed E-state index contributed by atoms with van der Waals surface area (Å²) < 4.78 is 4.70. The highest BCUT2D eigenvalue weighted by Crippen LogP contribution is 2.10. The Hall–Kier alpha value is -3.55. The molecule has 28 heavy (non-hydrogen) atoms. The van der Waals surface area contributed by atoms with E-state index in [0.29, 0.717) is 0 Å². The van der Waals surface area contributed by atoms with Gasteiger partial charge in [0.2, 0.25) is 0 Å². The van der Waals surface area contributed by atoms with E-state index in [2.05, 4.69) is 15.5 Å². The molecule has 0 heterocycles. The van der Waals surface area contributed by atoms with Crippen LogP contribution in [0.2, 0.25) is 0 Å². The molecule has 0 bridgehead atoms. The molecule has 0 saturated heterocycles. The second kappa shape index (κ2) is 10.6. The van der Waals surface area contributed by atoms with E-state index in [-0.39, 0.29) is 12.5 Å². The number of nitrogens with one attached hydrogen (secondary N) is 3. The number of carbonyl (C=O) groups excluding carboxylic acids is 3. The molecule has 0 aliphatic carbocycles. The van der Waals surface area contributed by atoms with Gasteiger partial charge < -0.3 is 20.2 Å². The fourth-order valence-corrected chi connectivity index (χ4v) is 2.50. The van der Waals surface area contributed by atoms with E-state index in [9.17, 15) is 14.4 Å². The number of rotatable bonds is 6. The number of hydroxylamine groups is 1. The minimum absolute atomic E-state index is 0.222. The third kappa shape index (κ3) is 6.64. The van der Waals surface area contributed by atoms with Gasteiger partial charge in [-0.15, -0.1) is 0 Å². The van der Waals surface area contributed by atoms with Gasteiger partial charge in [0.15, 0.2) is 0 Å². The van der Waals surface area contributed by atoms with Gasteiger partial charge in [0, 0.05) is 6.42 Å². The summed E-state index contributed by atoms with van der Waals surface area (Å²) in [7, 11) is 1.23. The van der Waals surface area contributed by atoms with Crippen LogP contribution in [0, 0.1) is 0 Å². The van der Waals surface area contributed by atoms with Crippen molar-refractivity contribution in [2.24, 2.45) is 0 Å². The van der Waals surface area contributed by atoms with Crippen LogP contribution in [-0.2, 0) is 20.8 Å². The van der Waals surface area contributed by atoms with E-state index in [4.69, 9.17) is 4.74 Å². The van der Waals surface area contributed by atoms with Crippen molar-refractivity contribution in [1.29, 1.82) is 0 Å². The van der Waals surface area contributed by atoms with Gasteiger partial charge in [-0.2, -0.15) is 5.48 Å². The zero-order valence-electron chi connectivity index (χ0n) is 15.7. The molecule has 2 atom stereocenters. The lowest BCUT2D eigenvalue weighted by molar-refractivity contribution is -0.143. The van der Waals surface area contributed by atoms with Crippen molar-refractivity contribution in [2.45, 2.75) is 25.4 Å². The SMILES string of the molecule is COC(=O)[C@H](Cc1ccccc1)NC(=O)ONC(=O)N[C@H](C)c1ccccc1. The lowest BCUT2D eigenvalue weighted by Gasteiger charge is -2.17. The maximum absolute atomic E-state index is 11.9. The molecule has 148 valence electrons. The molecule has 8 heteroatoms. The summed E-state index contributed by atoms with van der Waals surface area (Å²) in [5.74, 6) is -0.622. The van der Waals surface area contributed by atoms with Crippen molar-refractivity contribution in [3.05, 3.63) is 71.8 Å². The van der Waals surface area contributed by atoms with E-state index >= 15 is 0 Å². The van der Waals surface area contributed by atoms with Crippen LogP contribution >= 0.6 is 0 Å². The predicted octanol–water partition coefficient (Wildman–Crippen LogP) is 2.47. The molecular weight excluding hydrogens is 362 g/mol. The Morgan fingerprint density at radius 2 is 1.54 bits per heavy atom. The maximum atomic E-state index is 11.9. The summed E-state index contributed by atoms with van der Waals surface area (Å²) >= 11 is 0. The van der Waals surface area contributed by atoms with Crippen LogP contribution in [0.3, 0.4) is 0 Å². The van der Waals surface area contributed by atoms with Gasteiger partial charge in [-0.25, -0.2) is 14.4 Å². The number of ether oxygens (including phenoxy) is 1. The van der Waals surface area contributed by atoms with E-state index in [0.717, 1.165) is 11.1 Å². The number of esters is 1. The summed E-state index contributed by atoms with van der Waals surface area (Å²) in [6.45, 7) is 1.79. The highest BCUT2D eigenvalue weighted by Gasteiger charge is 2.23. The fraction of sp³-hybridized carbons (Fsp3) is 0.250. The molecule has 0 aliphatic heterocycles. The smallest absolute Gasteiger partial charge is 0.432 e. The van der Waals surface area contributed by atoms with Crippen LogP contribution in [0.25, 0.3) is 0 Å². The monoisotopic (exact) mass is 385 g/mol. The summed E-state index contributed by atoms with van der Waals surface area (Å²) in [6, 6.07) is 16.5. The summed E-state index contributed by atoms with van der Waals surface area (Å²) in [4.78, 5) is 40.4. The van der Waals surface area contributed by atoms with Crippen LogP contribution in [0.15, 0.2) is 60.7 Å². The largest absolute Gasteiger partial charge is 0.467 e. The van der Waals surface area contributed by atoms with Crippen LogP contribution in [0.1, 0.15) is 24.1 Å². The van der Waals surface area contributed by atoms with Gasteiger partial charge >= 0.3 is 18.1 Å². The molecule has 2 aromatic rings. The molecule has 0 saturated carbocycles. The lowest BCUT2D eigenvalue weighted by atomic mass is 10.1. The second-order valence-corrected chi connectivity index (χ2v) is 6.01. The molecule has 8 nitrogen and oxygen atoms in total. The van der Waals surface area contributed by atoms with Crippen molar-refractivity contribution >= 4 is 18.1 Å². The third-order valence-electron chi connectivity index (χ3n) is 3.94. The average Bonchev–Trinajstić information content (AvgIpc) is 2.72. The topological polar surface area (TPSA) is 106 Å². The zero-order chi connectivity index (χ0) is 20.4. The molecule has 3 N–H and O–H groups in total. The molecule has 3 amide bonds. The Balaban J connectivity index is 1.83. The van der Waals surface area contributed by atoms with E-state index in [1.807, 2.05) is 66.1 Å². The lowest BCUT2D eigenvalue weighted by Crippen LogP contribution is -2.46. The van der Waals surface area contributed by atoms with Gasteiger partial charge in [0.25, 0.3) is 0 Å². The number of carbonyl (C=O) groups is 3. The first-order chi connectivity index (χ1) is 13.5. The first-order valence-corrected chi connectivity index (χ1v) is 8.70. The van der Waals surface area contributed by atoms with Crippen LogP contribution in [-0.4, -0.2) is 31.2 Å². The first-order valence-electron chi connectivity index (χ1n) is 8.70. The number of benzene rings is 2. The van der Waals surface area contributed by atoms with Crippen molar-refractivity contribution in [2.75, 3.05) is 7.11 Å². The van der Waals surface area contributed by atoms with E-state index < -0.39 is 24.1 Å². The van der Waals surface area contributed by atoms with Crippen LogP contribution < -0.4 is 16.1 Å². The van der Waals surface area contributed by atoms with Crippen molar-refractivity contribution in [3.63, 3.8) is 0 Å². The molecule has 0 unspecified atom stereocenters. The van der Waals surface area contributed by atoms with Gasteiger partial charge in [-0.1, -0.05) is 60.7 Å². The number of methoxy groups -OCH3 is 1. The molecule has 0 aliphatic rings. The highest BCUT2D eigenvalue weighted by molar-refractivity contribution is 5.82. The zero-order valence-corrected chi connectivity index (χ0v) is 15.7. The van der Waals surface area contributed by atoms with Crippen molar-refractivity contribution < 1.29 is 24.0 Å². The van der Waals surface area contributed by atoms with Gasteiger partial charge in [-0.3, -0.25) is 0 Å². The van der Waals surface area contributed by atoms with Crippen molar-refractivity contribution in [1.82, 2.24) is 16.1 Å². The number of amides is 3. The Bertz CT molecular complexity index is 783. The Kier molecular flexibility index (Phi) is 7.83. The molecule has 0 radical (unpaired) electrons. The molecule has 2 rings (SSSR count). The summed E-state index contributed by atoms with van der Waals surface area (Å²) in [5.41, 5.74) is 3.73. The van der Waals surface area contributed by atoms with E-state index in [1.165, 1.54) is 7.11 Å². The number of hydrogen-bond donors (Lipinski definition) is 3. The summed E-state index contributed by atoms with van der Waals surface area (Å²) in [6.07, 6.45) is -0.756. The predicted molar refractivity (Wildman–Crippen MR) is 102 cm³/mol. The Labute approximate surface area is 163 Å². The standard InChI is InChI=1S/C20H23N3O5/c1-14(16-11-7-4-8-12-16)21-19(25)23-28-20(26)22-17(18(24)27-2)13-15-9-5-3-6-10-15/h3-12,14,17H,13H2,1-2H3,(H,22,26)(H2,21,23,25)/t14-,17+/m1/s1. The van der Waals surface area contributed by atoms with Crippen LogP contribution in [0.5, 0.6) is 0 Å². The highest BCUT2D eigenvalue weighted by atomic mass is 16.7. The third-order valence-corrected chi connectivity index (χ3v) is 3.94. The number of urea groups is 1. The fourth-order valence-electron chi connectivity index (χ4n) is 2.50. The van der Waals surface area contributed by atoms with E-state index in [1.54, 1.807) is 6.92 Å². The molecule has 2 aromatic carbocycles. The van der Waals surface area contributed by atoms with Crippen molar-refractivity contribution in [3.8, 4) is 0 Å². The molecule has 0 spiro atoms. The molecular formula is C20H23N3O5. The minimum Gasteiger partial charge on any atom is -0.467 e. The maximum Gasteiger partial charge on any atom is 0.432 e. The second-order valence-electron chi connectivity index (χ2n) is 6.01. The van der Waals surface area contributed by atoms with Gasteiger partial charge in [0.1, 0.15) is 6.04 Å². The Morgan fingerprint density at radius 3 is 2.14 bits per heavy atom. The summed E-state index contributed by atoms with van der Waals surface area (Å²) in [5, 5.41) is 5.01. The minimum atomic E-state index is -0.978. The van der Waals surface area contributed by atoms with Crippen LogP contribution in [0.4, 0.5) is 9.59 Å². The normalized spacial score (nSPS) is 12.2. The molecule has 0 aromatic heterocycles. The van der Waals surface area contributed by atoms with Gasteiger partial charge in [-0.05, 0) is 18.1 Å². The molecule has 0 fully saturated rings. The quantitative estimate of drug-likeness (QED) is 0.523. The first kappa shape index (κ1) is 20.8. The number of hydrogen-bond acceptors (Lipinski definition) is 5. The Morgan fingerprint density at radius 1 is 0.929 bits per heavy atom. The average molecular weight is 385 g/mol. The van der Waals surface area contributed by atoms with Gasteiger partial charge in [0.05, 0.1) is 13.2 Å².